The molecule has 0 radical (unpaired) electrons. The maximum atomic E-state index is 11.3. The average molecular weight is 310 g/mol. The number of anilines is 1. The molecular weight excluding hydrogens is 296 g/mol. The molecule has 7 heteroatoms. The van der Waals surface area contributed by atoms with Crippen molar-refractivity contribution >= 4 is 17.3 Å². The number of nitrogens with one attached hydrogen (secondary N) is 1. The summed E-state index contributed by atoms with van der Waals surface area (Å²) in [5, 5.41) is 14.4. The Kier molecular flexibility index (Phi) is 3.11. The summed E-state index contributed by atoms with van der Waals surface area (Å²) < 4.78 is 7.30. The highest BCUT2D eigenvalue weighted by atomic mass is 16.6. The number of rotatable bonds is 4. The zero-order valence-electron chi connectivity index (χ0n) is 12.2. The van der Waals surface area contributed by atoms with Gasteiger partial charge in [0.1, 0.15) is 11.9 Å². The Morgan fingerprint density at radius 3 is 2.96 bits per heavy atom. The number of pyridine rings is 1. The fourth-order valence-corrected chi connectivity index (χ4v) is 2.85. The van der Waals surface area contributed by atoms with E-state index in [2.05, 4.69) is 10.3 Å². The van der Waals surface area contributed by atoms with Crippen molar-refractivity contribution in [1.82, 2.24) is 9.38 Å². The third kappa shape index (κ3) is 2.36. The molecule has 0 fully saturated rings. The summed E-state index contributed by atoms with van der Waals surface area (Å²) in [5.74, 6) is 1.08. The number of ether oxygens (including phenoxy) is 1. The van der Waals surface area contributed by atoms with Gasteiger partial charge in [0, 0.05) is 12.5 Å². The lowest BCUT2D eigenvalue weighted by molar-refractivity contribution is -0.389. The van der Waals surface area contributed by atoms with Gasteiger partial charge in [0.05, 0.1) is 12.7 Å². The first-order valence-corrected chi connectivity index (χ1v) is 7.32. The van der Waals surface area contributed by atoms with E-state index in [4.69, 9.17) is 4.74 Å². The van der Waals surface area contributed by atoms with Crippen molar-refractivity contribution in [3.05, 3.63) is 64.3 Å². The van der Waals surface area contributed by atoms with E-state index in [9.17, 15) is 10.1 Å². The van der Waals surface area contributed by atoms with Crippen molar-refractivity contribution in [2.45, 2.75) is 12.5 Å². The fourth-order valence-electron chi connectivity index (χ4n) is 2.85. The first kappa shape index (κ1) is 13.6. The van der Waals surface area contributed by atoms with E-state index in [0.717, 1.165) is 17.7 Å². The number of benzene rings is 1. The second-order valence-electron chi connectivity index (χ2n) is 5.40. The van der Waals surface area contributed by atoms with Crippen LogP contribution < -0.4 is 10.1 Å². The summed E-state index contributed by atoms with van der Waals surface area (Å²) in [6.07, 6.45) is 2.36. The van der Waals surface area contributed by atoms with Crippen molar-refractivity contribution < 1.29 is 9.66 Å². The van der Waals surface area contributed by atoms with Gasteiger partial charge >= 0.3 is 5.82 Å². The number of imidazole rings is 1. The highest BCUT2D eigenvalue weighted by Gasteiger charge is 2.26. The molecule has 23 heavy (non-hydrogen) atoms. The smallest absolute Gasteiger partial charge is 0.372 e. The second kappa shape index (κ2) is 5.28. The Balaban J connectivity index is 1.55. The molecular formula is C16H14N4O3. The van der Waals surface area contributed by atoms with Crippen molar-refractivity contribution in [2.75, 3.05) is 11.9 Å². The maximum absolute atomic E-state index is 11.3. The Hall–Kier alpha value is -3.09. The molecule has 1 aromatic carbocycles. The Morgan fingerprint density at radius 2 is 2.13 bits per heavy atom. The molecule has 0 bridgehead atoms. The van der Waals surface area contributed by atoms with Crippen LogP contribution in [0.3, 0.4) is 0 Å². The van der Waals surface area contributed by atoms with Gasteiger partial charge in [-0.05, 0) is 22.6 Å². The lowest BCUT2D eigenvalue weighted by Gasteiger charge is -2.11. The zero-order chi connectivity index (χ0) is 15.8. The van der Waals surface area contributed by atoms with Crippen molar-refractivity contribution in [3.63, 3.8) is 0 Å². The number of fused-ring (bicyclic) bond motifs is 2. The van der Waals surface area contributed by atoms with Gasteiger partial charge in [-0.2, -0.15) is 9.38 Å². The molecule has 3 aromatic rings. The largest absolute Gasteiger partial charge is 0.488 e. The predicted molar refractivity (Wildman–Crippen MR) is 84.9 cm³/mol. The molecule has 1 aliphatic heterocycles. The lowest BCUT2D eigenvalue weighted by Crippen LogP contribution is -2.24. The van der Waals surface area contributed by atoms with Crippen LogP contribution in [0.15, 0.2) is 48.7 Å². The minimum Gasteiger partial charge on any atom is -0.488 e. The molecule has 0 unspecified atom stereocenters. The first-order valence-electron chi connectivity index (χ1n) is 7.32. The summed E-state index contributed by atoms with van der Waals surface area (Å²) in [5.41, 5.74) is 1.70. The molecule has 0 saturated heterocycles. The molecule has 3 heterocycles. The summed E-state index contributed by atoms with van der Waals surface area (Å²) in [6, 6.07) is 13.1. The third-order valence-electron chi connectivity index (χ3n) is 3.89. The molecule has 2 aromatic heterocycles. The summed E-state index contributed by atoms with van der Waals surface area (Å²) >= 11 is 0. The van der Waals surface area contributed by atoms with Crippen molar-refractivity contribution in [2.24, 2.45) is 0 Å². The zero-order valence-corrected chi connectivity index (χ0v) is 12.2. The SMILES string of the molecule is O=[N+]([O-])c1c(NC[C@@H]2Cc3ccccc3O2)nc2ccccn12. The van der Waals surface area contributed by atoms with E-state index in [0.29, 0.717) is 12.2 Å². The van der Waals surface area contributed by atoms with Gasteiger partial charge in [-0.25, -0.2) is 0 Å². The van der Waals surface area contributed by atoms with Crippen LogP contribution in [0.5, 0.6) is 5.75 Å². The topological polar surface area (TPSA) is 81.7 Å². The second-order valence-corrected chi connectivity index (χ2v) is 5.40. The highest BCUT2D eigenvalue weighted by Crippen LogP contribution is 2.29. The highest BCUT2D eigenvalue weighted by molar-refractivity contribution is 5.62. The normalized spacial score (nSPS) is 16.1. The van der Waals surface area contributed by atoms with E-state index in [1.807, 2.05) is 24.3 Å². The minimum atomic E-state index is -0.424. The van der Waals surface area contributed by atoms with Gasteiger partial charge in [-0.15, -0.1) is 0 Å². The van der Waals surface area contributed by atoms with Crippen LogP contribution in [-0.4, -0.2) is 27.0 Å². The molecule has 1 atom stereocenters. The van der Waals surface area contributed by atoms with Crippen LogP contribution in [-0.2, 0) is 6.42 Å². The molecule has 0 spiro atoms. The molecule has 116 valence electrons. The van der Waals surface area contributed by atoms with E-state index >= 15 is 0 Å². The van der Waals surface area contributed by atoms with Gasteiger partial charge < -0.3 is 20.2 Å². The number of hydrogen-bond donors (Lipinski definition) is 1. The number of nitro groups is 1. The summed E-state index contributed by atoms with van der Waals surface area (Å²) in [7, 11) is 0. The number of hydrogen-bond acceptors (Lipinski definition) is 5. The molecule has 0 aliphatic carbocycles. The number of nitrogens with zero attached hydrogens (tertiary/aromatic N) is 3. The monoisotopic (exact) mass is 310 g/mol. The molecule has 7 nitrogen and oxygen atoms in total. The quantitative estimate of drug-likeness (QED) is 0.592. The Labute approximate surface area is 131 Å². The van der Waals surface area contributed by atoms with Crippen LogP contribution >= 0.6 is 0 Å². The Morgan fingerprint density at radius 1 is 1.30 bits per heavy atom. The van der Waals surface area contributed by atoms with Gasteiger partial charge in [-0.3, -0.25) is 0 Å². The molecule has 1 N–H and O–H groups in total. The Bertz CT molecular complexity index is 865. The first-order chi connectivity index (χ1) is 11.2. The van der Waals surface area contributed by atoms with Crippen molar-refractivity contribution in [3.8, 4) is 5.75 Å². The van der Waals surface area contributed by atoms with Gasteiger partial charge in [0.2, 0.25) is 11.5 Å². The van der Waals surface area contributed by atoms with Crippen LogP contribution in [0.1, 0.15) is 5.56 Å². The standard InChI is InChI=1S/C16H14N4O3/c21-20(22)16-15(18-14-7-3-4-8-19(14)16)17-10-12-9-11-5-1-2-6-13(11)23-12/h1-8,12,17H,9-10H2/t12-/m0/s1. The maximum Gasteiger partial charge on any atom is 0.372 e. The van der Waals surface area contributed by atoms with Crippen molar-refractivity contribution in [1.29, 1.82) is 0 Å². The number of para-hydroxylation sites is 1. The van der Waals surface area contributed by atoms with Gasteiger partial charge in [-0.1, -0.05) is 24.3 Å². The molecule has 0 amide bonds. The van der Waals surface area contributed by atoms with Crippen LogP contribution in [0.25, 0.3) is 5.65 Å². The van der Waals surface area contributed by atoms with E-state index in [1.54, 1.807) is 24.4 Å². The van der Waals surface area contributed by atoms with Crippen LogP contribution in [0.4, 0.5) is 11.6 Å². The van der Waals surface area contributed by atoms with Crippen LogP contribution in [0, 0.1) is 10.1 Å². The van der Waals surface area contributed by atoms with Gasteiger partial charge in [0.25, 0.3) is 0 Å². The summed E-state index contributed by atoms with van der Waals surface area (Å²) in [6.45, 7) is 0.458. The third-order valence-corrected chi connectivity index (χ3v) is 3.89. The molecule has 4 rings (SSSR count). The van der Waals surface area contributed by atoms with E-state index in [1.165, 1.54) is 4.40 Å². The predicted octanol–water partition coefficient (Wildman–Crippen LogP) is 2.66. The molecule has 1 aliphatic rings. The number of aromatic nitrogens is 2. The van der Waals surface area contributed by atoms with E-state index in [-0.39, 0.29) is 17.7 Å². The summed E-state index contributed by atoms with van der Waals surface area (Å²) in [4.78, 5) is 15.2. The van der Waals surface area contributed by atoms with E-state index < -0.39 is 4.92 Å². The molecule has 0 saturated carbocycles. The minimum absolute atomic E-state index is 0.0585. The average Bonchev–Trinajstić information content (AvgIpc) is 3.13. The fraction of sp³-hybridized carbons (Fsp3) is 0.188. The lowest BCUT2D eigenvalue weighted by atomic mass is 10.1. The van der Waals surface area contributed by atoms with Gasteiger partial charge in [0.15, 0.2) is 0 Å². The van der Waals surface area contributed by atoms with Crippen LogP contribution in [0.2, 0.25) is 0 Å².